The van der Waals surface area contributed by atoms with Crippen molar-refractivity contribution in [3.05, 3.63) is 27.3 Å². The van der Waals surface area contributed by atoms with Crippen LogP contribution in [-0.2, 0) is 9.59 Å². The van der Waals surface area contributed by atoms with E-state index >= 15 is 0 Å². The summed E-state index contributed by atoms with van der Waals surface area (Å²) in [6.45, 7) is 0. The van der Waals surface area contributed by atoms with Crippen LogP contribution in [0.3, 0.4) is 0 Å². The molecule has 0 atom stereocenters. The summed E-state index contributed by atoms with van der Waals surface area (Å²) < 4.78 is 5.98. The van der Waals surface area contributed by atoms with Gasteiger partial charge in [-0.05, 0) is 64.0 Å². The molecule has 98 valence electrons. The zero-order valence-corrected chi connectivity index (χ0v) is 12.7. The van der Waals surface area contributed by atoms with Crippen LogP contribution in [0.5, 0.6) is 5.75 Å². The molecular weight excluding hydrogens is 396 g/mol. The number of carbonyl (C=O) groups excluding carboxylic acids is 3. The van der Waals surface area contributed by atoms with Gasteiger partial charge in [0.2, 0.25) is 5.91 Å². The molecule has 18 heavy (non-hydrogen) atoms. The first-order valence-corrected chi connectivity index (χ1v) is 6.15. The molecule has 1 aromatic rings. The quantitative estimate of drug-likeness (QED) is 0.474. The maximum atomic E-state index is 10.7. The van der Waals surface area contributed by atoms with Crippen molar-refractivity contribution < 1.29 is 19.1 Å². The van der Waals surface area contributed by atoms with E-state index in [1.54, 1.807) is 25.3 Å². The Morgan fingerprint density at radius 1 is 1.22 bits per heavy atom. The number of hydrogen-bond donors (Lipinski definition) is 1. The molecule has 0 radical (unpaired) electrons. The number of amides is 1. The van der Waals surface area contributed by atoms with Crippen LogP contribution in [0.2, 0.25) is 0 Å². The molecule has 0 aliphatic carbocycles. The lowest BCUT2D eigenvalue weighted by atomic mass is 10.2. The number of hydrogen-bond acceptors (Lipinski definition) is 4. The van der Waals surface area contributed by atoms with Crippen LogP contribution in [0.15, 0.2) is 18.2 Å². The number of nitrogens with two attached hydrogens (primary N) is 1. The van der Waals surface area contributed by atoms with Gasteiger partial charge in [0.25, 0.3) is 0 Å². The summed E-state index contributed by atoms with van der Waals surface area (Å²) in [5.74, 6) is 0.233. The van der Waals surface area contributed by atoms with Crippen LogP contribution in [0.25, 0.3) is 0 Å². The zero-order chi connectivity index (χ0) is 14.3. The van der Waals surface area contributed by atoms with E-state index in [2.05, 4.69) is 45.8 Å². The Kier molecular flexibility index (Phi) is 7.88. The van der Waals surface area contributed by atoms with Gasteiger partial charge < -0.3 is 10.5 Å². The molecule has 0 heterocycles. The fourth-order valence-corrected chi connectivity index (χ4v) is 1.37. The van der Waals surface area contributed by atoms with Crippen LogP contribution < -0.4 is 10.5 Å². The molecule has 2 N–H and O–H groups in total. The van der Waals surface area contributed by atoms with Crippen molar-refractivity contribution in [1.82, 2.24) is 0 Å². The predicted octanol–water partition coefficient (Wildman–Crippen LogP) is 1.92. The highest BCUT2D eigenvalue weighted by molar-refractivity contribution is 14.1. The minimum Gasteiger partial charge on any atom is -0.496 e. The number of carbonyl (C=O) groups is 3. The molecule has 8 heteroatoms. The minimum absolute atomic E-state index is 0.440. The second-order valence-electron chi connectivity index (χ2n) is 2.76. The second-order valence-corrected chi connectivity index (χ2v) is 4.61. The van der Waals surface area contributed by atoms with Crippen LogP contribution in [0.4, 0.5) is 0 Å². The highest BCUT2D eigenvalue weighted by Crippen LogP contribution is 2.21. The van der Waals surface area contributed by atoms with E-state index in [4.69, 9.17) is 10.5 Å². The van der Waals surface area contributed by atoms with Gasteiger partial charge in [-0.3, -0.25) is 14.4 Å². The highest BCUT2D eigenvalue weighted by atomic mass is 127. The van der Waals surface area contributed by atoms with Gasteiger partial charge in [0, 0.05) is 5.56 Å². The number of methoxy groups -OCH3 is 1. The Bertz CT molecular complexity index is 467. The molecule has 0 fully saturated rings. The molecule has 0 aromatic heterocycles. The Morgan fingerprint density at radius 2 is 1.72 bits per heavy atom. The smallest absolute Gasteiger partial charge is 0.304 e. The summed E-state index contributed by atoms with van der Waals surface area (Å²) in [6, 6.07) is 5.09. The molecule has 0 unspecified atom stereocenters. The number of ether oxygens (including phenoxy) is 1. The SMILES string of the molecule is COc1cc(C(N)=O)ccc1I.O=C(Cl)C(=O)Cl. The van der Waals surface area contributed by atoms with Crippen molar-refractivity contribution in [2.45, 2.75) is 0 Å². The van der Waals surface area contributed by atoms with Crippen LogP contribution in [0.1, 0.15) is 10.4 Å². The second kappa shape index (κ2) is 8.28. The van der Waals surface area contributed by atoms with E-state index in [1.807, 2.05) is 0 Å². The molecule has 0 saturated carbocycles. The average molecular weight is 404 g/mol. The summed E-state index contributed by atoms with van der Waals surface area (Å²) in [6.07, 6.45) is 0. The largest absolute Gasteiger partial charge is 0.496 e. The van der Waals surface area contributed by atoms with Crippen molar-refractivity contribution >= 4 is 62.2 Å². The minimum atomic E-state index is -1.14. The summed E-state index contributed by atoms with van der Waals surface area (Å²) in [5.41, 5.74) is 5.56. The molecule has 0 spiro atoms. The number of halogens is 3. The first-order chi connectivity index (χ1) is 8.29. The number of benzene rings is 1. The molecule has 1 rings (SSSR count). The van der Waals surface area contributed by atoms with Crippen LogP contribution in [-0.4, -0.2) is 23.5 Å². The summed E-state index contributed by atoms with van der Waals surface area (Å²) in [7, 11) is 1.56. The fraction of sp³-hybridized carbons (Fsp3) is 0.100. The van der Waals surface area contributed by atoms with E-state index in [1.165, 1.54) is 0 Å². The first kappa shape index (κ1) is 17.1. The first-order valence-electron chi connectivity index (χ1n) is 4.32. The maximum absolute atomic E-state index is 10.7. The van der Waals surface area contributed by atoms with Crippen molar-refractivity contribution in [2.75, 3.05) is 7.11 Å². The lowest BCUT2D eigenvalue weighted by molar-refractivity contribution is -0.127. The summed E-state index contributed by atoms with van der Waals surface area (Å²) >= 11 is 11.1. The topological polar surface area (TPSA) is 86.5 Å². The normalized spacial score (nSPS) is 8.89. The van der Waals surface area contributed by atoms with Gasteiger partial charge >= 0.3 is 10.5 Å². The van der Waals surface area contributed by atoms with E-state index in [0.29, 0.717) is 11.3 Å². The molecule has 0 aliphatic heterocycles. The van der Waals surface area contributed by atoms with Gasteiger partial charge in [-0.15, -0.1) is 0 Å². The third-order valence-corrected chi connectivity index (χ3v) is 2.92. The highest BCUT2D eigenvalue weighted by Gasteiger charge is 2.04. The van der Waals surface area contributed by atoms with Crippen molar-refractivity contribution in [2.24, 2.45) is 5.73 Å². The zero-order valence-electron chi connectivity index (χ0n) is 9.08. The molecule has 0 bridgehead atoms. The van der Waals surface area contributed by atoms with Gasteiger partial charge in [-0.1, -0.05) is 0 Å². The maximum Gasteiger partial charge on any atom is 0.304 e. The fourth-order valence-electron chi connectivity index (χ4n) is 0.813. The third-order valence-electron chi connectivity index (χ3n) is 1.59. The van der Waals surface area contributed by atoms with Crippen molar-refractivity contribution in [3.63, 3.8) is 0 Å². The van der Waals surface area contributed by atoms with E-state index in [-0.39, 0.29) is 0 Å². The third kappa shape index (κ3) is 6.18. The Labute approximate surface area is 127 Å². The Morgan fingerprint density at radius 3 is 2.06 bits per heavy atom. The van der Waals surface area contributed by atoms with Gasteiger partial charge in [0.05, 0.1) is 10.7 Å². The average Bonchev–Trinajstić information content (AvgIpc) is 2.30. The lowest BCUT2D eigenvalue weighted by Crippen LogP contribution is -2.10. The molecule has 1 amide bonds. The van der Waals surface area contributed by atoms with Crippen LogP contribution in [0, 0.1) is 3.57 Å². The van der Waals surface area contributed by atoms with E-state index < -0.39 is 16.4 Å². The monoisotopic (exact) mass is 403 g/mol. The van der Waals surface area contributed by atoms with Gasteiger partial charge in [-0.25, -0.2) is 0 Å². The number of rotatable bonds is 3. The Hall–Kier alpha value is -0.860. The van der Waals surface area contributed by atoms with Gasteiger partial charge in [0.1, 0.15) is 5.75 Å². The van der Waals surface area contributed by atoms with Gasteiger partial charge in [-0.2, -0.15) is 0 Å². The molecule has 0 saturated heterocycles. The van der Waals surface area contributed by atoms with E-state index in [9.17, 15) is 14.4 Å². The standard InChI is InChI=1S/C8H8INO2.C2Cl2O2/c1-12-7-4-5(8(10)11)2-3-6(7)9;3-1(5)2(4)6/h2-4H,1H3,(H2,10,11);. The molecule has 0 aliphatic rings. The molecule has 5 nitrogen and oxygen atoms in total. The van der Waals surface area contributed by atoms with Crippen molar-refractivity contribution in [3.8, 4) is 5.75 Å². The molecular formula is C10H8Cl2INO4. The Balaban J connectivity index is 0.000000411. The number of primary amides is 1. The van der Waals surface area contributed by atoms with Gasteiger partial charge in [0.15, 0.2) is 0 Å². The lowest BCUT2D eigenvalue weighted by Gasteiger charge is -2.03. The van der Waals surface area contributed by atoms with E-state index in [0.717, 1.165) is 3.57 Å². The molecule has 1 aromatic carbocycles. The van der Waals surface area contributed by atoms with Crippen LogP contribution >= 0.6 is 45.8 Å². The predicted molar refractivity (Wildman–Crippen MR) is 75.9 cm³/mol. The summed E-state index contributed by atoms with van der Waals surface area (Å²) in [4.78, 5) is 29.6. The summed E-state index contributed by atoms with van der Waals surface area (Å²) in [5, 5.41) is -2.28. The van der Waals surface area contributed by atoms with Crippen molar-refractivity contribution in [1.29, 1.82) is 0 Å².